The van der Waals surface area contributed by atoms with Gasteiger partial charge in [-0.25, -0.2) is 9.07 Å². The summed E-state index contributed by atoms with van der Waals surface area (Å²) in [4.78, 5) is 17.0. The van der Waals surface area contributed by atoms with E-state index >= 15 is 0 Å². The van der Waals surface area contributed by atoms with E-state index in [0.717, 1.165) is 26.1 Å². The summed E-state index contributed by atoms with van der Waals surface area (Å²) < 4.78 is 15.3. The van der Waals surface area contributed by atoms with Crippen molar-refractivity contribution in [2.75, 3.05) is 32.7 Å². The average molecular weight is 378 g/mol. The van der Waals surface area contributed by atoms with E-state index in [0.29, 0.717) is 24.5 Å². The van der Waals surface area contributed by atoms with Crippen molar-refractivity contribution >= 4 is 5.91 Å². The lowest BCUT2D eigenvalue weighted by Gasteiger charge is -2.34. The van der Waals surface area contributed by atoms with Gasteiger partial charge in [0.1, 0.15) is 11.5 Å². The molecule has 4 rings (SSSR count). The van der Waals surface area contributed by atoms with Crippen molar-refractivity contribution in [3.8, 4) is 5.69 Å². The topological polar surface area (TPSA) is 41.4 Å². The quantitative estimate of drug-likeness (QED) is 0.685. The number of para-hydroxylation sites is 1. The molecular formula is C22H23FN4O. The standard InChI is InChI=1S/C22H23FN4O/c23-19-8-4-5-9-21(19)27-13-11-20(24-27)22(28)26-16-14-25(15-17-26)12-10-18-6-2-1-3-7-18/h1-9,11,13H,10,12,14-17H2. The molecule has 1 aliphatic rings. The van der Waals surface area contributed by atoms with Crippen molar-refractivity contribution in [2.24, 2.45) is 0 Å². The second-order valence-corrected chi connectivity index (χ2v) is 6.97. The van der Waals surface area contributed by atoms with E-state index in [9.17, 15) is 9.18 Å². The van der Waals surface area contributed by atoms with Crippen molar-refractivity contribution in [2.45, 2.75) is 6.42 Å². The van der Waals surface area contributed by atoms with Crippen LogP contribution in [0.1, 0.15) is 16.1 Å². The van der Waals surface area contributed by atoms with Crippen LogP contribution in [0.15, 0.2) is 66.9 Å². The highest BCUT2D eigenvalue weighted by Gasteiger charge is 2.23. The molecule has 0 bridgehead atoms. The third-order valence-corrected chi connectivity index (χ3v) is 5.13. The molecule has 1 fully saturated rings. The first-order chi connectivity index (χ1) is 13.7. The van der Waals surface area contributed by atoms with Crippen LogP contribution in [0.3, 0.4) is 0 Å². The smallest absolute Gasteiger partial charge is 0.274 e. The van der Waals surface area contributed by atoms with Crippen LogP contribution in [0, 0.1) is 5.82 Å². The lowest BCUT2D eigenvalue weighted by Crippen LogP contribution is -2.49. The first kappa shape index (κ1) is 18.4. The Balaban J connectivity index is 1.32. The molecule has 0 atom stereocenters. The van der Waals surface area contributed by atoms with E-state index in [4.69, 9.17) is 0 Å². The minimum absolute atomic E-state index is 0.0993. The zero-order valence-corrected chi connectivity index (χ0v) is 15.7. The van der Waals surface area contributed by atoms with Crippen LogP contribution in [0.4, 0.5) is 4.39 Å². The molecule has 1 amide bonds. The minimum atomic E-state index is -0.364. The van der Waals surface area contributed by atoms with E-state index in [1.54, 1.807) is 30.5 Å². The summed E-state index contributed by atoms with van der Waals surface area (Å²) in [6, 6.07) is 18.5. The number of hydrogen-bond acceptors (Lipinski definition) is 3. The summed E-state index contributed by atoms with van der Waals surface area (Å²) in [5.74, 6) is -0.463. The van der Waals surface area contributed by atoms with Gasteiger partial charge in [-0.15, -0.1) is 0 Å². The highest BCUT2D eigenvalue weighted by Crippen LogP contribution is 2.14. The summed E-state index contributed by atoms with van der Waals surface area (Å²) >= 11 is 0. The zero-order valence-electron chi connectivity index (χ0n) is 15.7. The van der Waals surface area contributed by atoms with Crippen LogP contribution in [0.5, 0.6) is 0 Å². The minimum Gasteiger partial charge on any atom is -0.335 e. The predicted molar refractivity (Wildman–Crippen MR) is 106 cm³/mol. The van der Waals surface area contributed by atoms with E-state index in [1.807, 2.05) is 11.0 Å². The van der Waals surface area contributed by atoms with Gasteiger partial charge in [0, 0.05) is 38.9 Å². The molecule has 5 nitrogen and oxygen atoms in total. The first-order valence-electron chi connectivity index (χ1n) is 9.57. The molecule has 1 saturated heterocycles. The molecule has 1 aliphatic heterocycles. The Hall–Kier alpha value is -2.99. The Kier molecular flexibility index (Phi) is 5.48. The monoisotopic (exact) mass is 378 g/mol. The maximum absolute atomic E-state index is 13.9. The van der Waals surface area contributed by atoms with Crippen molar-refractivity contribution in [3.63, 3.8) is 0 Å². The molecule has 0 radical (unpaired) electrons. The Bertz CT molecular complexity index is 932. The number of piperazine rings is 1. The van der Waals surface area contributed by atoms with Gasteiger partial charge < -0.3 is 4.90 Å². The lowest BCUT2D eigenvalue weighted by atomic mass is 10.1. The van der Waals surface area contributed by atoms with Crippen LogP contribution >= 0.6 is 0 Å². The lowest BCUT2D eigenvalue weighted by molar-refractivity contribution is 0.0632. The maximum atomic E-state index is 13.9. The van der Waals surface area contributed by atoms with Gasteiger partial charge in [0.15, 0.2) is 5.69 Å². The van der Waals surface area contributed by atoms with Gasteiger partial charge >= 0.3 is 0 Å². The van der Waals surface area contributed by atoms with Gasteiger partial charge in [-0.2, -0.15) is 5.10 Å². The fourth-order valence-electron chi connectivity index (χ4n) is 3.48. The number of hydrogen-bond donors (Lipinski definition) is 0. The maximum Gasteiger partial charge on any atom is 0.274 e. The molecule has 2 heterocycles. The number of amides is 1. The molecule has 144 valence electrons. The molecule has 0 N–H and O–H groups in total. The summed E-state index contributed by atoms with van der Waals surface area (Å²) in [6.45, 7) is 4.06. The molecule has 28 heavy (non-hydrogen) atoms. The number of halogens is 1. The summed E-state index contributed by atoms with van der Waals surface area (Å²) in [5.41, 5.74) is 2.02. The fourth-order valence-corrected chi connectivity index (χ4v) is 3.48. The number of carbonyl (C=O) groups excluding carboxylic acids is 1. The van der Waals surface area contributed by atoms with Gasteiger partial charge in [-0.3, -0.25) is 9.69 Å². The molecular weight excluding hydrogens is 355 g/mol. The number of rotatable bonds is 5. The fraction of sp³-hybridized carbons (Fsp3) is 0.273. The van der Waals surface area contributed by atoms with Crippen LogP contribution in [-0.4, -0.2) is 58.2 Å². The highest BCUT2D eigenvalue weighted by molar-refractivity contribution is 5.92. The molecule has 0 unspecified atom stereocenters. The Labute approximate surface area is 164 Å². The Morgan fingerprint density at radius 2 is 1.64 bits per heavy atom. The van der Waals surface area contributed by atoms with E-state index in [-0.39, 0.29) is 11.7 Å². The Morgan fingerprint density at radius 3 is 2.39 bits per heavy atom. The molecule has 0 saturated carbocycles. The largest absolute Gasteiger partial charge is 0.335 e. The number of benzene rings is 2. The number of aromatic nitrogens is 2. The predicted octanol–water partition coefficient (Wildman–Crippen LogP) is 3.01. The van der Waals surface area contributed by atoms with E-state index in [2.05, 4.69) is 34.3 Å². The third-order valence-electron chi connectivity index (χ3n) is 5.13. The van der Waals surface area contributed by atoms with Gasteiger partial charge in [-0.1, -0.05) is 42.5 Å². The number of nitrogens with zero attached hydrogens (tertiary/aromatic N) is 4. The summed E-state index contributed by atoms with van der Waals surface area (Å²) in [7, 11) is 0. The average Bonchev–Trinajstić information content (AvgIpc) is 3.23. The van der Waals surface area contributed by atoms with Crippen molar-refractivity contribution in [1.29, 1.82) is 0 Å². The Morgan fingerprint density at radius 1 is 0.929 bits per heavy atom. The summed E-state index contributed by atoms with van der Waals surface area (Å²) in [6.07, 6.45) is 2.64. The van der Waals surface area contributed by atoms with Crippen LogP contribution in [0.2, 0.25) is 0 Å². The third kappa shape index (κ3) is 4.12. The van der Waals surface area contributed by atoms with Crippen molar-refractivity contribution in [1.82, 2.24) is 19.6 Å². The molecule has 0 aliphatic carbocycles. The first-order valence-corrected chi connectivity index (χ1v) is 9.57. The van der Waals surface area contributed by atoms with Crippen LogP contribution < -0.4 is 0 Å². The van der Waals surface area contributed by atoms with Gasteiger partial charge in [0.25, 0.3) is 5.91 Å². The molecule has 0 spiro atoms. The normalized spacial score (nSPS) is 15.0. The van der Waals surface area contributed by atoms with Crippen LogP contribution in [-0.2, 0) is 6.42 Å². The van der Waals surface area contributed by atoms with Crippen molar-refractivity contribution in [3.05, 3.63) is 83.9 Å². The molecule has 1 aromatic heterocycles. The zero-order chi connectivity index (χ0) is 19.3. The second-order valence-electron chi connectivity index (χ2n) is 6.97. The van der Waals surface area contributed by atoms with Crippen LogP contribution in [0.25, 0.3) is 5.69 Å². The van der Waals surface area contributed by atoms with E-state index < -0.39 is 0 Å². The summed E-state index contributed by atoms with van der Waals surface area (Å²) in [5, 5.41) is 4.28. The molecule has 6 heteroatoms. The second kappa shape index (κ2) is 8.35. The SMILES string of the molecule is O=C(c1ccn(-c2ccccc2F)n1)N1CCN(CCc2ccccc2)CC1. The number of carbonyl (C=O) groups is 1. The van der Waals surface area contributed by atoms with Gasteiger partial charge in [0.05, 0.1) is 0 Å². The van der Waals surface area contributed by atoms with Crippen molar-refractivity contribution < 1.29 is 9.18 Å². The van der Waals surface area contributed by atoms with Gasteiger partial charge in [0.2, 0.25) is 0 Å². The van der Waals surface area contributed by atoms with E-state index in [1.165, 1.54) is 16.3 Å². The van der Waals surface area contributed by atoms with Gasteiger partial charge in [-0.05, 0) is 30.2 Å². The molecule has 2 aromatic carbocycles. The highest BCUT2D eigenvalue weighted by atomic mass is 19.1. The molecule has 3 aromatic rings.